The van der Waals surface area contributed by atoms with Crippen molar-refractivity contribution >= 4 is 21.6 Å². The molecule has 2 atom stereocenters. The molecule has 1 aromatic carbocycles. The number of benzene rings is 1. The van der Waals surface area contributed by atoms with E-state index in [1.54, 1.807) is 0 Å². The van der Waals surface area contributed by atoms with E-state index in [9.17, 15) is 0 Å². The first-order chi connectivity index (χ1) is 9.29. The molecule has 0 aliphatic carbocycles. The number of piperidine rings is 1. The normalized spacial score (nSPS) is 29.8. The van der Waals surface area contributed by atoms with Crippen LogP contribution >= 0.6 is 15.9 Å². The first-order valence-corrected chi connectivity index (χ1v) is 8.35. The average molecular weight is 323 g/mol. The maximum absolute atomic E-state index is 3.72. The molecule has 2 aliphatic heterocycles. The van der Waals surface area contributed by atoms with Crippen molar-refractivity contribution in [2.24, 2.45) is 0 Å². The Bertz CT molecular complexity index is 421. The van der Waals surface area contributed by atoms with Gasteiger partial charge in [0.2, 0.25) is 0 Å². The third kappa shape index (κ3) is 2.68. The Balaban J connectivity index is 1.75. The summed E-state index contributed by atoms with van der Waals surface area (Å²) in [5.74, 6) is 0. The molecule has 0 aromatic heterocycles. The molecule has 0 amide bonds. The van der Waals surface area contributed by atoms with Crippen molar-refractivity contribution in [3.63, 3.8) is 0 Å². The van der Waals surface area contributed by atoms with Crippen LogP contribution < -0.4 is 10.2 Å². The van der Waals surface area contributed by atoms with E-state index >= 15 is 0 Å². The number of nitrogens with one attached hydrogen (secondary N) is 1. The molecule has 0 spiro atoms. The predicted octanol–water partition coefficient (Wildman–Crippen LogP) is 3.95. The lowest BCUT2D eigenvalue weighted by Crippen LogP contribution is -2.49. The Hall–Kier alpha value is -0.540. The summed E-state index contributed by atoms with van der Waals surface area (Å²) in [5, 5.41) is 3.72. The molecule has 3 rings (SSSR count). The molecule has 1 N–H and O–H groups in total. The smallest absolute Gasteiger partial charge is 0.0515 e. The van der Waals surface area contributed by atoms with Crippen molar-refractivity contribution in [1.82, 2.24) is 5.32 Å². The monoisotopic (exact) mass is 322 g/mol. The Labute approximate surface area is 124 Å². The van der Waals surface area contributed by atoms with Crippen LogP contribution in [0.1, 0.15) is 39.0 Å². The molecule has 2 heterocycles. The molecule has 2 saturated heterocycles. The fourth-order valence-electron chi connectivity index (χ4n) is 3.75. The van der Waals surface area contributed by atoms with Gasteiger partial charge < -0.3 is 10.2 Å². The van der Waals surface area contributed by atoms with E-state index in [2.05, 4.69) is 57.3 Å². The Morgan fingerprint density at radius 1 is 1.21 bits per heavy atom. The van der Waals surface area contributed by atoms with Gasteiger partial charge in [-0.1, -0.05) is 19.1 Å². The van der Waals surface area contributed by atoms with E-state index in [0.29, 0.717) is 0 Å². The lowest BCUT2D eigenvalue weighted by Gasteiger charge is -2.41. The van der Waals surface area contributed by atoms with E-state index in [-0.39, 0.29) is 0 Å². The lowest BCUT2D eigenvalue weighted by molar-refractivity contribution is 0.356. The minimum absolute atomic E-state index is 0.729. The number of nitrogens with zero attached hydrogens (tertiary/aromatic N) is 1. The molecule has 2 bridgehead atoms. The first-order valence-electron chi connectivity index (χ1n) is 7.56. The number of anilines is 1. The van der Waals surface area contributed by atoms with Crippen LogP contribution in [0.3, 0.4) is 0 Å². The summed E-state index contributed by atoms with van der Waals surface area (Å²) in [6, 6.07) is 10.9. The van der Waals surface area contributed by atoms with Gasteiger partial charge in [-0.15, -0.1) is 0 Å². The Morgan fingerprint density at radius 3 is 2.53 bits per heavy atom. The highest BCUT2D eigenvalue weighted by atomic mass is 79.9. The fourth-order valence-corrected chi connectivity index (χ4v) is 4.24. The van der Waals surface area contributed by atoms with Gasteiger partial charge in [-0.3, -0.25) is 0 Å². The zero-order valence-electron chi connectivity index (χ0n) is 11.6. The van der Waals surface area contributed by atoms with Gasteiger partial charge in [0.1, 0.15) is 0 Å². The molecule has 0 saturated carbocycles. The van der Waals surface area contributed by atoms with Gasteiger partial charge in [0, 0.05) is 22.6 Å². The van der Waals surface area contributed by atoms with Crippen molar-refractivity contribution < 1.29 is 0 Å². The van der Waals surface area contributed by atoms with Crippen LogP contribution in [-0.2, 0) is 0 Å². The standard InChI is InChI=1S/C16H23BrN2/c1-2-9-18-12-10-13-7-8-14(11-12)19(13)16-6-4-3-5-15(16)17/h3-6,12-14,18H,2,7-11H2,1H3. The number of fused-ring (bicyclic) bond motifs is 2. The first kappa shape index (κ1) is 13.4. The zero-order chi connectivity index (χ0) is 13.2. The maximum atomic E-state index is 3.72. The average Bonchev–Trinajstić information content (AvgIpc) is 2.68. The Morgan fingerprint density at radius 2 is 1.89 bits per heavy atom. The van der Waals surface area contributed by atoms with Gasteiger partial charge in [0.05, 0.1) is 5.69 Å². The Kier molecular flexibility index (Phi) is 4.13. The minimum atomic E-state index is 0.729. The summed E-state index contributed by atoms with van der Waals surface area (Å²) < 4.78 is 1.24. The summed E-state index contributed by atoms with van der Waals surface area (Å²) in [7, 11) is 0. The van der Waals surface area contributed by atoms with E-state index in [0.717, 1.165) is 18.1 Å². The molecule has 2 aliphatic rings. The highest BCUT2D eigenvalue weighted by molar-refractivity contribution is 9.10. The van der Waals surface area contributed by atoms with Crippen LogP contribution in [0, 0.1) is 0 Å². The SMILES string of the molecule is CCCNC1CC2CCC(C1)N2c1ccccc1Br. The van der Waals surface area contributed by atoms with E-state index < -0.39 is 0 Å². The maximum Gasteiger partial charge on any atom is 0.0515 e. The molecule has 104 valence electrons. The van der Waals surface area contributed by atoms with Gasteiger partial charge in [-0.2, -0.15) is 0 Å². The van der Waals surface area contributed by atoms with Gasteiger partial charge >= 0.3 is 0 Å². The summed E-state index contributed by atoms with van der Waals surface area (Å²) in [4.78, 5) is 2.67. The van der Waals surface area contributed by atoms with Crippen molar-refractivity contribution in [2.45, 2.75) is 57.2 Å². The molecule has 1 aromatic rings. The summed E-state index contributed by atoms with van der Waals surface area (Å²) in [6.45, 7) is 3.41. The molecule has 2 fully saturated rings. The third-order valence-corrected chi connectivity index (χ3v) is 5.22. The number of para-hydroxylation sites is 1. The summed E-state index contributed by atoms with van der Waals surface area (Å²) in [5.41, 5.74) is 1.39. The summed E-state index contributed by atoms with van der Waals surface area (Å²) >= 11 is 3.71. The van der Waals surface area contributed by atoms with Crippen LogP contribution in [0.5, 0.6) is 0 Å². The predicted molar refractivity (Wildman–Crippen MR) is 84.7 cm³/mol. The van der Waals surface area contributed by atoms with Gasteiger partial charge in [-0.25, -0.2) is 0 Å². The molecule has 2 unspecified atom stereocenters. The fraction of sp³-hybridized carbons (Fsp3) is 0.625. The second kappa shape index (κ2) is 5.84. The van der Waals surface area contributed by atoms with Gasteiger partial charge in [0.15, 0.2) is 0 Å². The zero-order valence-corrected chi connectivity index (χ0v) is 13.2. The highest BCUT2D eigenvalue weighted by Gasteiger charge is 2.40. The molecule has 0 radical (unpaired) electrons. The second-order valence-corrected chi connectivity index (χ2v) is 6.72. The van der Waals surface area contributed by atoms with Crippen molar-refractivity contribution in [3.05, 3.63) is 28.7 Å². The number of hydrogen-bond donors (Lipinski definition) is 1. The third-order valence-electron chi connectivity index (χ3n) is 4.55. The lowest BCUT2D eigenvalue weighted by atomic mass is 9.96. The van der Waals surface area contributed by atoms with Crippen molar-refractivity contribution in [1.29, 1.82) is 0 Å². The highest BCUT2D eigenvalue weighted by Crippen LogP contribution is 2.41. The van der Waals surface area contributed by atoms with Gasteiger partial charge in [0.25, 0.3) is 0 Å². The van der Waals surface area contributed by atoms with E-state index in [4.69, 9.17) is 0 Å². The van der Waals surface area contributed by atoms with E-state index in [1.165, 1.54) is 48.8 Å². The minimum Gasteiger partial charge on any atom is -0.365 e. The topological polar surface area (TPSA) is 15.3 Å². The van der Waals surface area contributed by atoms with Crippen LogP contribution in [0.4, 0.5) is 5.69 Å². The van der Waals surface area contributed by atoms with Gasteiger partial charge in [-0.05, 0) is 66.7 Å². The molecular weight excluding hydrogens is 300 g/mol. The number of rotatable bonds is 4. The van der Waals surface area contributed by atoms with Crippen molar-refractivity contribution in [2.75, 3.05) is 11.4 Å². The second-order valence-electron chi connectivity index (χ2n) is 5.87. The summed E-state index contributed by atoms with van der Waals surface area (Å²) in [6.07, 6.45) is 6.56. The number of hydrogen-bond acceptors (Lipinski definition) is 2. The largest absolute Gasteiger partial charge is 0.365 e. The van der Waals surface area contributed by atoms with E-state index in [1.807, 2.05) is 0 Å². The number of halogens is 1. The molecule has 19 heavy (non-hydrogen) atoms. The molecule has 2 nitrogen and oxygen atoms in total. The molecular formula is C16H23BrN2. The quantitative estimate of drug-likeness (QED) is 0.903. The van der Waals surface area contributed by atoms with Crippen LogP contribution in [-0.4, -0.2) is 24.7 Å². The van der Waals surface area contributed by atoms with Crippen molar-refractivity contribution in [3.8, 4) is 0 Å². The van der Waals surface area contributed by atoms with Crippen LogP contribution in [0.25, 0.3) is 0 Å². The van der Waals surface area contributed by atoms with Crippen LogP contribution in [0.2, 0.25) is 0 Å². The van der Waals surface area contributed by atoms with Crippen LogP contribution in [0.15, 0.2) is 28.7 Å². The molecule has 3 heteroatoms.